The third kappa shape index (κ3) is 27.7. The Morgan fingerprint density at radius 3 is 1.16 bits per heavy atom. The van der Waals surface area contributed by atoms with Crippen LogP contribution in [0.3, 0.4) is 0 Å². The molecule has 0 aromatic heterocycles. The summed E-state index contributed by atoms with van der Waals surface area (Å²) in [6.07, 6.45) is -7.71. The Bertz CT molecular complexity index is 4210. The van der Waals surface area contributed by atoms with E-state index < -0.39 is 129 Å². The Labute approximate surface area is 702 Å². The molecule has 0 spiro atoms. The molecule has 28 nitrogen and oxygen atoms in total. The molecule has 7 aromatic rings. The molecule has 4 fully saturated rings. The zero-order valence-electron chi connectivity index (χ0n) is 69.2. The Hall–Kier alpha value is -9.68. The van der Waals surface area contributed by atoms with Crippen LogP contribution in [0.1, 0.15) is 154 Å². The highest BCUT2D eigenvalue weighted by atomic mass is 16.8. The molecule has 2 N–H and O–H groups in total. The Balaban J connectivity index is 0.000000254. The molecule has 11 rings (SSSR count). The second-order valence-corrected chi connectivity index (χ2v) is 30.0. The maximum atomic E-state index is 13.8. The molecule has 4 aliphatic rings. The van der Waals surface area contributed by atoms with E-state index in [0.717, 1.165) is 79.2 Å². The molecule has 20 atom stereocenters. The van der Waals surface area contributed by atoms with Crippen LogP contribution in [0.15, 0.2) is 223 Å². The van der Waals surface area contributed by atoms with Crippen LogP contribution in [-0.2, 0) is 114 Å². The molecule has 4 heterocycles. The van der Waals surface area contributed by atoms with Crippen molar-refractivity contribution in [1.82, 2.24) is 5.32 Å². The van der Waals surface area contributed by atoms with Gasteiger partial charge in [-0.3, -0.25) is 0 Å². The summed E-state index contributed by atoms with van der Waals surface area (Å²) < 4.78 is 101. The topological polar surface area (TPSA) is 346 Å². The zero-order valence-corrected chi connectivity index (χ0v) is 69.2. The van der Waals surface area contributed by atoms with E-state index in [1.54, 1.807) is 60.7 Å². The van der Waals surface area contributed by atoms with Gasteiger partial charge >= 0.3 is 24.0 Å². The van der Waals surface area contributed by atoms with Gasteiger partial charge in [-0.05, 0) is 95.2 Å². The summed E-state index contributed by atoms with van der Waals surface area (Å²) in [5.41, 5.74) is 24.7. The van der Waals surface area contributed by atoms with Gasteiger partial charge in [0.15, 0.2) is 43.5 Å². The van der Waals surface area contributed by atoms with Crippen LogP contribution in [-0.4, -0.2) is 173 Å². The van der Waals surface area contributed by atoms with Gasteiger partial charge in [0, 0.05) is 41.4 Å². The van der Waals surface area contributed by atoms with Gasteiger partial charge in [0.1, 0.15) is 49.2 Å². The lowest BCUT2D eigenvalue weighted by molar-refractivity contribution is -0.348. The van der Waals surface area contributed by atoms with Gasteiger partial charge in [-0.15, -0.1) is 0 Å². The predicted octanol–water partition coefficient (Wildman–Crippen LogP) is 16.5. The molecule has 7 aromatic carbocycles. The van der Waals surface area contributed by atoms with Gasteiger partial charge < -0.3 is 86.2 Å². The molecule has 0 aliphatic carbocycles. The number of carbonyl (C=O) groups excluding carboxylic acids is 4. The van der Waals surface area contributed by atoms with Crippen molar-refractivity contribution >= 4 is 24.0 Å². The molecule has 4 aliphatic heterocycles. The van der Waals surface area contributed by atoms with Crippen molar-refractivity contribution < 1.29 is 100 Å². The van der Waals surface area contributed by atoms with E-state index >= 15 is 0 Å². The van der Waals surface area contributed by atoms with Crippen LogP contribution >= 0.6 is 0 Å². The minimum atomic E-state index is -1.42. The fraction of sp³-hybridized carbons (Fsp3) is 0.500. The summed E-state index contributed by atoms with van der Waals surface area (Å²) in [5, 5.41) is 22.0. The number of nitrogens with zero attached hydrogens (tertiary/aromatic N) is 6. The molecule has 0 radical (unpaired) electrons. The number of alkyl carbamates (subject to hydrolysis) is 1. The first-order valence-corrected chi connectivity index (χ1v) is 41.8. The number of hydrogen-bond acceptors (Lipinski definition) is 23. The highest BCUT2D eigenvalue weighted by molar-refractivity contribution is 5.90. The average Bonchev–Trinajstić information content (AvgIpc) is 0.767. The second kappa shape index (κ2) is 50.5. The quantitative estimate of drug-likeness (QED) is 0.00895. The molecule has 0 saturated carbocycles. The highest BCUT2D eigenvalue weighted by Crippen LogP contribution is 2.41. The summed E-state index contributed by atoms with van der Waals surface area (Å²) in [6.45, 7) is 11.4. The number of nitrogens with one attached hydrogen (secondary N) is 1. The number of unbranched alkanes of at least 4 members (excludes halogenated alkanes) is 7. The van der Waals surface area contributed by atoms with Crippen molar-refractivity contribution in [3.63, 3.8) is 0 Å². The number of aliphatic hydroxyl groups excluding tert-OH is 1. The summed E-state index contributed by atoms with van der Waals surface area (Å²) in [7, 11) is 1.25. The molecule has 28 heteroatoms. The predicted molar refractivity (Wildman–Crippen MR) is 443 cm³/mol. The van der Waals surface area contributed by atoms with Crippen LogP contribution in [0.5, 0.6) is 0 Å². The normalized spacial score (nSPS) is 26.4. The zero-order chi connectivity index (χ0) is 84.6. The lowest BCUT2D eigenvalue weighted by Gasteiger charge is -2.49. The van der Waals surface area contributed by atoms with E-state index in [2.05, 4.69) is 32.3 Å². The molecular weight excluding hydrogens is 1540 g/mol. The number of hydrogen-bond donors (Lipinski definition) is 2. The standard InChI is InChI=1S/C49H60N4O11.C43H55N3O10/c1-3-39-34(2)42(58-31-35-20-10-6-11-21-35)41(52-53-50)47(61-39)64-43-40(30-54)62-48(57-29-19-5-4-18-28-51-49(56)60-33-37-24-14-8-15-25-37)45(63-46(55)38-26-16-9-17-27-38)44(43)59-32-36-22-12-7-13-23-36;1-5-7-8-9-19-26-50-43-39(54-40(47)32-24-17-12-18-25-32)36(52-28-31-22-15-11-16-23-31)37(38(56-43)41(48)49-4)55-42-34(45-46-44)35(29(3)33(6-2)53-42)51-27-30-20-13-10-14-21-30/h6-17,20-27,34,39-45,47-48,54H,3-5,18-19,28-33H2,1-2H3,(H,51,56);10-18,20-25,29,33-39,42-43H,5-9,19,26-28H2,1-4H3. The van der Waals surface area contributed by atoms with Crippen LogP contribution in [0, 0.1) is 11.8 Å². The largest absolute Gasteiger partial charge is 0.467 e. The lowest BCUT2D eigenvalue weighted by atomic mass is 9.87. The first-order valence-electron chi connectivity index (χ1n) is 41.8. The van der Waals surface area contributed by atoms with Crippen molar-refractivity contribution in [2.24, 2.45) is 22.1 Å². The summed E-state index contributed by atoms with van der Waals surface area (Å²) in [4.78, 5) is 59.8. The van der Waals surface area contributed by atoms with Crippen molar-refractivity contribution in [1.29, 1.82) is 0 Å². The molecule has 0 bridgehead atoms. The minimum Gasteiger partial charge on any atom is -0.467 e. The van der Waals surface area contributed by atoms with E-state index in [1.807, 2.05) is 179 Å². The third-order valence-corrected chi connectivity index (χ3v) is 21.5. The molecule has 20 unspecified atom stereocenters. The fourth-order valence-electron chi connectivity index (χ4n) is 15.0. The number of carbonyl (C=O) groups is 4. The smallest absolute Gasteiger partial charge is 0.407 e. The minimum absolute atomic E-state index is 0.0606. The SMILES string of the molecule is CCC1OC(OC2C(CO)OC(OCCCCCCNC(=O)OCc3ccccc3)C(OC(=O)c3ccccc3)C2OCc2ccccc2)C(N=[N+]=[N-])C(OCc2ccccc2)C1C.CCCCCCCOC1OC(C(=O)OC)C(OC2OC(CC)C(C)C(OCc3ccccc3)C2N=[N+]=[N-])C(OCc2ccccc2)C1OC(=O)c1ccccc1. The molecule has 1 amide bonds. The van der Waals surface area contributed by atoms with Gasteiger partial charge in [0.2, 0.25) is 0 Å². The monoisotopic (exact) mass is 1650 g/mol. The number of methoxy groups -OCH3 is 1. The first-order chi connectivity index (χ1) is 58.8. The summed E-state index contributed by atoms with van der Waals surface area (Å²) in [5.74, 6) is -2.42. The van der Waals surface area contributed by atoms with E-state index in [0.29, 0.717) is 36.9 Å². The molecule has 644 valence electrons. The van der Waals surface area contributed by atoms with Crippen LogP contribution in [0.2, 0.25) is 0 Å². The molecule has 4 saturated heterocycles. The lowest BCUT2D eigenvalue weighted by Crippen LogP contribution is -2.65. The average molecular weight is 1650 g/mol. The summed E-state index contributed by atoms with van der Waals surface area (Å²) in [6, 6.07) is 63.0. The first kappa shape index (κ1) is 92.6. The van der Waals surface area contributed by atoms with Gasteiger partial charge in [-0.25, -0.2) is 19.2 Å². The van der Waals surface area contributed by atoms with Crippen LogP contribution < -0.4 is 5.32 Å². The van der Waals surface area contributed by atoms with Gasteiger partial charge in [-0.2, -0.15) is 0 Å². The number of esters is 3. The molecule has 120 heavy (non-hydrogen) atoms. The Morgan fingerprint density at radius 2 is 0.767 bits per heavy atom. The van der Waals surface area contributed by atoms with Gasteiger partial charge in [0.25, 0.3) is 0 Å². The van der Waals surface area contributed by atoms with Crippen molar-refractivity contribution in [3.8, 4) is 0 Å². The number of azide groups is 2. The Morgan fingerprint density at radius 1 is 0.408 bits per heavy atom. The van der Waals surface area contributed by atoms with E-state index in [9.17, 15) is 35.3 Å². The van der Waals surface area contributed by atoms with Gasteiger partial charge in [0.05, 0.1) is 75.7 Å². The van der Waals surface area contributed by atoms with Crippen molar-refractivity contribution in [2.75, 3.05) is 33.5 Å². The van der Waals surface area contributed by atoms with Crippen molar-refractivity contribution in [2.45, 2.75) is 249 Å². The number of amides is 1. The van der Waals surface area contributed by atoms with E-state index in [-0.39, 0.29) is 70.3 Å². The third-order valence-electron chi connectivity index (χ3n) is 21.5. The van der Waals surface area contributed by atoms with E-state index in [4.69, 9.17) is 75.8 Å². The summed E-state index contributed by atoms with van der Waals surface area (Å²) >= 11 is 0. The number of ether oxygens (including phenoxy) is 16. The molecular formula is C92H115N7O21. The van der Waals surface area contributed by atoms with Crippen LogP contribution in [0.25, 0.3) is 20.9 Å². The number of rotatable bonds is 43. The number of benzene rings is 7. The Kier molecular flexibility index (Phi) is 39.0. The number of aliphatic hydroxyl groups is 1. The second-order valence-electron chi connectivity index (χ2n) is 30.0. The van der Waals surface area contributed by atoms with E-state index in [1.165, 1.54) is 7.11 Å². The van der Waals surface area contributed by atoms with Crippen LogP contribution in [0.4, 0.5) is 4.79 Å². The highest BCUT2D eigenvalue weighted by Gasteiger charge is 2.57. The fourth-order valence-corrected chi connectivity index (χ4v) is 15.0. The maximum absolute atomic E-state index is 13.8. The van der Waals surface area contributed by atoms with Gasteiger partial charge in [-0.1, -0.05) is 271 Å². The van der Waals surface area contributed by atoms with Crippen molar-refractivity contribution in [3.05, 3.63) is 272 Å². The maximum Gasteiger partial charge on any atom is 0.407 e.